The number of nitrogens with one attached hydrogen (secondary N) is 2. The minimum Gasteiger partial charge on any atom is -0.361 e. The molecule has 0 atom stereocenters. The van der Waals surface area contributed by atoms with Gasteiger partial charge in [0, 0.05) is 23.6 Å². The summed E-state index contributed by atoms with van der Waals surface area (Å²) in [5.41, 5.74) is 3.40. The lowest BCUT2D eigenvalue weighted by molar-refractivity contribution is -0.120. The van der Waals surface area contributed by atoms with Gasteiger partial charge in [-0.05, 0) is 24.0 Å². The van der Waals surface area contributed by atoms with Crippen molar-refractivity contribution in [2.24, 2.45) is 5.92 Å². The van der Waals surface area contributed by atoms with E-state index in [1.807, 2.05) is 12.3 Å². The Morgan fingerprint density at radius 2 is 2.17 bits per heavy atom. The number of carbonyl (C=O) groups excluding carboxylic acids is 1. The zero-order chi connectivity index (χ0) is 13.1. The zero-order valence-electron chi connectivity index (χ0n) is 11.2. The number of amides is 1. The molecule has 2 aromatic rings. The molecule has 0 saturated heterocycles. The van der Waals surface area contributed by atoms with Gasteiger partial charge in [-0.25, -0.2) is 0 Å². The van der Waals surface area contributed by atoms with E-state index in [4.69, 9.17) is 0 Å². The van der Waals surface area contributed by atoms with Crippen molar-refractivity contribution in [2.45, 2.75) is 27.2 Å². The van der Waals surface area contributed by atoms with Crippen molar-refractivity contribution < 1.29 is 4.79 Å². The van der Waals surface area contributed by atoms with Gasteiger partial charge in [-0.15, -0.1) is 0 Å². The molecule has 0 unspecified atom stereocenters. The molecule has 0 spiro atoms. The number of aromatic nitrogens is 1. The summed E-state index contributed by atoms with van der Waals surface area (Å²) in [4.78, 5) is 15.1. The summed E-state index contributed by atoms with van der Waals surface area (Å²) in [5, 5.41) is 4.09. The number of benzene rings is 1. The van der Waals surface area contributed by atoms with Crippen molar-refractivity contribution in [1.29, 1.82) is 0 Å². The van der Waals surface area contributed by atoms with E-state index < -0.39 is 0 Å². The van der Waals surface area contributed by atoms with E-state index in [2.05, 4.69) is 43.2 Å². The lowest BCUT2D eigenvalue weighted by atomic mass is 10.1. The van der Waals surface area contributed by atoms with Crippen LogP contribution < -0.4 is 5.32 Å². The molecule has 1 amide bonds. The smallest absolute Gasteiger partial charge is 0.224 e. The topological polar surface area (TPSA) is 44.9 Å². The third-order valence-electron chi connectivity index (χ3n) is 3.07. The predicted molar refractivity (Wildman–Crippen MR) is 74.6 cm³/mol. The van der Waals surface area contributed by atoms with E-state index >= 15 is 0 Å². The van der Waals surface area contributed by atoms with Crippen LogP contribution in [-0.4, -0.2) is 17.4 Å². The molecule has 1 aromatic carbocycles. The molecular weight excluding hydrogens is 224 g/mol. The Bertz CT molecular complexity index is 555. The maximum atomic E-state index is 11.8. The molecule has 3 heteroatoms. The van der Waals surface area contributed by atoms with Crippen LogP contribution in [0.15, 0.2) is 24.4 Å². The second kappa shape index (κ2) is 5.25. The highest BCUT2D eigenvalue weighted by Crippen LogP contribution is 2.21. The van der Waals surface area contributed by atoms with Crippen LogP contribution in [0.25, 0.3) is 10.9 Å². The largest absolute Gasteiger partial charge is 0.361 e. The molecule has 0 aliphatic heterocycles. The number of rotatable bonds is 4. The van der Waals surface area contributed by atoms with Gasteiger partial charge in [-0.1, -0.05) is 32.0 Å². The number of fused-ring (bicyclic) bond motifs is 1. The first-order valence-electron chi connectivity index (χ1n) is 6.40. The Kier molecular flexibility index (Phi) is 3.70. The summed E-state index contributed by atoms with van der Waals surface area (Å²) in [5.74, 6) is 0.574. The zero-order valence-corrected chi connectivity index (χ0v) is 11.2. The SMILES string of the molecule is Cc1cccc2c(CC(=O)NCC(C)C)c[nH]c12. The van der Waals surface area contributed by atoms with Gasteiger partial charge >= 0.3 is 0 Å². The maximum absolute atomic E-state index is 11.8. The summed E-state index contributed by atoms with van der Waals surface area (Å²) >= 11 is 0. The Morgan fingerprint density at radius 3 is 2.89 bits per heavy atom. The van der Waals surface area contributed by atoms with Crippen LogP contribution in [0.4, 0.5) is 0 Å². The van der Waals surface area contributed by atoms with Crippen molar-refractivity contribution >= 4 is 16.8 Å². The van der Waals surface area contributed by atoms with Crippen molar-refractivity contribution in [1.82, 2.24) is 10.3 Å². The minimum atomic E-state index is 0.0890. The molecule has 18 heavy (non-hydrogen) atoms. The Morgan fingerprint density at radius 1 is 1.39 bits per heavy atom. The second-order valence-corrected chi connectivity index (χ2v) is 5.19. The number of hydrogen-bond acceptors (Lipinski definition) is 1. The molecule has 0 radical (unpaired) electrons. The van der Waals surface area contributed by atoms with Crippen LogP contribution in [0, 0.1) is 12.8 Å². The first-order chi connectivity index (χ1) is 8.58. The van der Waals surface area contributed by atoms with Crippen LogP contribution in [0.2, 0.25) is 0 Å². The summed E-state index contributed by atoms with van der Waals surface area (Å²) in [7, 11) is 0. The van der Waals surface area contributed by atoms with Crippen molar-refractivity contribution in [3.05, 3.63) is 35.5 Å². The molecule has 2 N–H and O–H groups in total. The second-order valence-electron chi connectivity index (χ2n) is 5.19. The van der Waals surface area contributed by atoms with Gasteiger partial charge in [-0.3, -0.25) is 4.79 Å². The molecule has 0 aliphatic rings. The van der Waals surface area contributed by atoms with Crippen molar-refractivity contribution in [3.63, 3.8) is 0 Å². The average molecular weight is 244 g/mol. The Balaban J connectivity index is 2.12. The van der Waals surface area contributed by atoms with Crippen molar-refractivity contribution in [2.75, 3.05) is 6.54 Å². The van der Waals surface area contributed by atoms with E-state index in [9.17, 15) is 4.79 Å². The highest BCUT2D eigenvalue weighted by Gasteiger charge is 2.09. The number of hydrogen-bond donors (Lipinski definition) is 2. The third-order valence-corrected chi connectivity index (χ3v) is 3.07. The fraction of sp³-hybridized carbons (Fsp3) is 0.400. The molecule has 1 aromatic heterocycles. The molecule has 0 aliphatic carbocycles. The first kappa shape index (κ1) is 12.7. The van der Waals surface area contributed by atoms with E-state index in [1.54, 1.807) is 0 Å². The summed E-state index contributed by atoms with van der Waals surface area (Å²) < 4.78 is 0. The van der Waals surface area contributed by atoms with E-state index in [1.165, 1.54) is 5.56 Å². The summed E-state index contributed by atoms with van der Waals surface area (Å²) in [6.45, 7) is 6.99. The lowest BCUT2D eigenvalue weighted by Crippen LogP contribution is -2.28. The van der Waals surface area contributed by atoms with Crippen LogP contribution in [-0.2, 0) is 11.2 Å². The summed E-state index contributed by atoms with van der Waals surface area (Å²) in [6.07, 6.45) is 2.38. The summed E-state index contributed by atoms with van der Waals surface area (Å²) in [6, 6.07) is 6.16. The van der Waals surface area contributed by atoms with Gasteiger partial charge in [-0.2, -0.15) is 0 Å². The normalized spacial score (nSPS) is 11.1. The number of aryl methyl sites for hydroxylation is 1. The lowest BCUT2D eigenvalue weighted by Gasteiger charge is -2.07. The highest BCUT2D eigenvalue weighted by atomic mass is 16.1. The Labute approximate surface area is 108 Å². The van der Waals surface area contributed by atoms with Crippen LogP contribution in [0.5, 0.6) is 0 Å². The van der Waals surface area contributed by atoms with Crippen LogP contribution in [0.1, 0.15) is 25.0 Å². The third kappa shape index (κ3) is 2.73. The van der Waals surface area contributed by atoms with Crippen molar-refractivity contribution in [3.8, 4) is 0 Å². The van der Waals surface area contributed by atoms with E-state index in [0.717, 1.165) is 23.0 Å². The van der Waals surface area contributed by atoms with E-state index in [-0.39, 0.29) is 5.91 Å². The molecule has 1 heterocycles. The number of carbonyl (C=O) groups is 1. The maximum Gasteiger partial charge on any atom is 0.224 e. The quantitative estimate of drug-likeness (QED) is 0.853. The van der Waals surface area contributed by atoms with Gasteiger partial charge < -0.3 is 10.3 Å². The molecule has 0 saturated carbocycles. The van der Waals surface area contributed by atoms with E-state index in [0.29, 0.717) is 12.3 Å². The standard InChI is InChI=1S/C15H20N2O/c1-10(2)8-16-14(18)7-12-9-17-15-11(3)5-4-6-13(12)15/h4-6,9-10,17H,7-8H2,1-3H3,(H,16,18). The molecular formula is C15H20N2O. The van der Waals surface area contributed by atoms with Gasteiger partial charge in [0.25, 0.3) is 0 Å². The van der Waals surface area contributed by atoms with Gasteiger partial charge in [0.1, 0.15) is 0 Å². The predicted octanol–water partition coefficient (Wildman–Crippen LogP) is 2.79. The van der Waals surface area contributed by atoms with Gasteiger partial charge in [0.2, 0.25) is 5.91 Å². The fourth-order valence-corrected chi connectivity index (χ4v) is 2.06. The van der Waals surface area contributed by atoms with Crippen LogP contribution >= 0.6 is 0 Å². The Hall–Kier alpha value is -1.77. The van der Waals surface area contributed by atoms with Crippen LogP contribution in [0.3, 0.4) is 0 Å². The first-order valence-corrected chi connectivity index (χ1v) is 6.40. The highest BCUT2D eigenvalue weighted by molar-refractivity contribution is 5.90. The molecule has 0 fully saturated rings. The number of para-hydroxylation sites is 1. The monoisotopic (exact) mass is 244 g/mol. The molecule has 96 valence electrons. The van der Waals surface area contributed by atoms with Gasteiger partial charge in [0.05, 0.1) is 6.42 Å². The number of H-pyrrole nitrogens is 1. The molecule has 3 nitrogen and oxygen atoms in total. The molecule has 0 bridgehead atoms. The fourth-order valence-electron chi connectivity index (χ4n) is 2.06. The minimum absolute atomic E-state index is 0.0890. The average Bonchev–Trinajstić information content (AvgIpc) is 2.72. The molecule has 2 rings (SSSR count). The number of aromatic amines is 1. The van der Waals surface area contributed by atoms with Gasteiger partial charge in [0.15, 0.2) is 0 Å².